The van der Waals surface area contributed by atoms with Crippen LogP contribution >= 0.6 is 0 Å². The maximum absolute atomic E-state index is 12.2. The van der Waals surface area contributed by atoms with Crippen LogP contribution in [-0.4, -0.2) is 27.7 Å². The smallest absolute Gasteiger partial charge is 0.244 e. The third kappa shape index (κ3) is 4.04. The van der Waals surface area contributed by atoms with Gasteiger partial charge in [-0.1, -0.05) is 0 Å². The molecule has 1 aromatic heterocycles. The van der Waals surface area contributed by atoms with Gasteiger partial charge >= 0.3 is 0 Å². The number of nitrogens with one attached hydrogen (secondary N) is 1. The van der Waals surface area contributed by atoms with Gasteiger partial charge in [-0.3, -0.25) is 0 Å². The predicted octanol–water partition coefficient (Wildman–Crippen LogP) is 1.06. The maximum Gasteiger partial charge on any atom is 0.244 e. The molecule has 0 radical (unpaired) electrons. The molecule has 0 spiro atoms. The molecule has 19 heavy (non-hydrogen) atoms. The summed E-state index contributed by atoms with van der Waals surface area (Å²) >= 11 is 0. The first kappa shape index (κ1) is 16.2. The van der Waals surface area contributed by atoms with Crippen molar-refractivity contribution >= 4 is 10.0 Å². The standard InChI is InChI=1S/C12H22N2O4S/c1-8(2)17-6-5-14-19(15,16)12-10(4)18-9(3)11(12)7-13/h8,14H,5-7,13H2,1-4H3. The molecule has 0 unspecified atom stereocenters. The van der Waals surface area contributed by atoms with E-state index in [0.29, 0.717) is 23.7 Å². The van der Waals surface area contributed by atoms with Crippen molar-refractivity contribution in [2.24, 2.45) is 5.73 Å². The van der Waals surface area contributed by atoms with E-state index in [2.05, 4.69) is 4.72 Å². The van der Waals surface area contributed by atoms with Gasteiger partial charge in [-0.2, -0.15) is 0 Å². The summed E-state index contributed by atoms with van der Waals surface area (Å²) in [5.74, 6) is 0.897. The van der Waals surface area contributed by atoms with Crippen molar-refractivity contribution in [3.63, 3.8) is 0 Å². The fraction of sp³-hybridized carbons (Fsp3) is 0.667. The summed E-state index contributed by atoms with van der Waals surface area (Å²) in [6.45, 7) is 7.78. The van der Waals surface area contributed by atoms with Crippen LogP contribution in [0, 0.1) is 13.8 Å². The second-order valence-corrected chi connectivity index (χ2v) is 6.25. The molecule has 1 heterocycles. The van der Waals surface area contributed by atoms with Crippen molar-refractivity contribution in [3.8, 4) is 0 Å². The summed E-state index contributed by atoms with van der Waals surface area (Å²) in [6.07, 6.45) is 0.0713. The molecule has 0 atom stereocenters. The zero-order chi connectivity index (χ0) is 14.6. The van der Waals surface area contributed by atoms with Gasteiger partial charge in [-0.25, -0.2) is 13.1 Å². The van der Waals surface area contributed by atoms with E-state index in [1.54, 1.807) is 13.8 Å². The van der Waals surface area contributed by atoms with Crippen molar-refractivity contribution in [3.05, 3.63) is 17.1 Å². The van der Waals surface area contributed by atoms with Gasteiger partial charge in [0, 0.05) is 18.7 Å². The number of nitrogens with two attached hydrogens (primary N) is 1. The Morgan fingerprint density at radius 3 is 2.47 bits per heavy atom. The van der Waals surface area contributed by atoms with E-state index in [9.17, 15) is 8.42 Å². The van der Waals surface area contributed by atoms with E-state index in [0.717, 1.165) is 0 Å². The normalized spacial score (nSPS) is 12.3. The fourth-order valence-corrected chi connectivity index (χ4v) is 3.31. The first-order chi connectivity index (χ1) is 8.79. The highest BCUT2D eigenvalue weighted by Gasteiger charge is 2.25. The Balaban J connectivity index is 2.83. The molecule has 1 aromatic rings. The minimum atomic E-state index is -3.61. The van der Waals surface area contributed by atoms with E-state index in [-0.39, 0.29) is 24.1 Å². The second-order valence-electron chi connectivity index (χ2n) is 4.54. The van der Waals surface area contributed by atoms with Crippen molar-refractivity contribution < 1.29 is 17.6 Å². The molecule has 0 aliphatic heterocycles. The summed E-state index contributed by atoms with van der Waals surface area (Å²) < 4.78 is 37.5. The lowest BCUT2D eigenvalue weighted by Gasteiger charge is -2.10. The lowest BCUT2D eigenvalue weighted by atomic mass is 10.2. The van der Waals surface area contributed by atoms with E-state index >= 15 is 0 Å². The SMILES string of the molecule is Cc1oc(C)c(S(=O)(=O)NCCOC(C)C)c1CN. The predicted molar refractivity (Wildman–Crippen MR) is 72.3 cm³/mol. The number of furan rings is 1. The summed E-state index contributed by atoms with van der Waals surface area (Å²) in [5, 5.41) is 0. The largest absolute Gasteiger partial charge is 0.465 e. The number of hydrogen-bond donors (Lipinski definition) is 2. The summed E-state index contributed by atoms with van der Waals surface area (Å²) in [4.78, 5) is 0.150. The van der Waals surface area contributed by atoms with Crippen molar-refractivity contribution in [2.75, 3.05) is 13.2 Å². The maximum atomic E-state index is 12.2. The van der Waals surface area contributed by atoms with E-state index < -0.39 is 10.0 Å². The van der Waals surface area contributed by atoms with Crippen molar-refractivity contribution in [2.45, 2.75) is 45.2 Å². The highest BCUT2D eigenvalue weighted by molar-refractivity contribution is 7.89. The molecule has 3 N–H and O–H groups in total. The molecule has 0 saturated carbocycles. The van der Waals surface area contributed by atoms with Gasteiger partial charge in [0.1, 0.15) is 16.4 Å². The van der Waals surface area contributed by atoms with Crippen molar-refractivity contribution in [1.82, 2.24) is 4.72 Å². The Morgan fingerprint density at radius 2 is 1.95 bits per heavy atom. The zero-order valence-corrected chi connectivity index (χ0v) is 12.6. The molecule has 0 fully saturated rings. The van der Waals surface area contributed by atoms with Crippen LogP contribution in [0.5, 0.6) is 0 Å². The molecule has 0 aliphatic rings. The zero-order valence-electron chi connectivity index (χ0n) is 11.8. The van der Waals surface area contributed by atoms with Gasteiger partial charge in [0.15, 0.2) is 0 Å². The van der Waals surface area contributed by atoms with Crippen LogP contribution in [0.15, 0.2) is 9.31 Å². The van der Waals surface area contributed by atoms with Crippen LogP contribution in [-0.2, 0) is 21.3 Å². The topological polar surface area (TPSA) is 94.6 Å². The highest BCUT2D eigenvalue weighted by atomic mass is 32.2. The summed E-state index contributed by atoms with van der Waals surface area (Å²) in [5.41, 5.74) is 6.10. The van der Waals surface area contributed by atoms with Crippen LogP contribution in [0.1, 0.15) is 30.9 Å². The average Bonchev–Trinajstić information content (AvgIpc) is 2.59. The molecule has 0 bridgehead atoms. The second kappa shape index (κ2) is 6.51. The lowest BCUT2D eigenvalue weighted by Crippen LogP contribution is -2.29. The molecular formula is C12H22N2O4S. The molecule has 7 heteroatoms. The number of aryl methyl sites for hydroxylation is 2. The van der Waals surface area contributed by atoms with Gasteiger partial charge < -0.3 is 14.9 Å². The first-order valence-electron chi connectivity index (χ1n) is 6.19. The highest BCUT2D eigenvalue weighted by Crippen LogP contribution is 2.25. The Morgan fingerprint density at radius 1 is 1.32 bits per heavy atom. The van der Waals surface area contributed by atoms with Gasteiger partial charge in [0.2, 0.25) is 10.0 Å². The Labute approximate surface area is 114 Å². The van der Waals surface area contributed by atoms with Gasteiger partial charge in [0.25, 0.3) is 0 Å². The Hall–Kier alpha value is -0.890. The van der Waals surface area contributed by atoms with Gasteiger partial charge in [0.05, 0.1) is 12.7 Å². The van der Waals surface area contributed by atoms with Crippen LogP contribution in [0.4, 0.5) is 0 Å². The molecule has 110 valence electrons. The molecule has 0 aromatic carbocycles. The number of ether oxygens (including phenoxy) is 1. The van der Waals surface area contributed by atoms with Crippen LogP contribution in [0.3, 0.4) is 0 Å². The quantitative estimate of drug-likeness (QED) is 0.732. The third-order valence-electron chi connectivity index (χ3n) is 2.64. The third-order valence-corrected chi connectivity index (χ3v) is 4.30. The molecule has 0 amide bonds. The van der Waals surface area contributed by atoms with Gasteiger partial charge in [-0.15, -0.1) is 0 Å². The monoisotopic (exact) mass is 290 g/mol. The van der Waals surface area contributed by atoms with Crippen LogP contribution in [0.2, 0.25) is 0 Å². The molecular weight excluding hydrogens is 268 g/mol. The number of hydrogen-bond acceptors (Lipinski definition) is 5. The summed E-state index contributed by atoms with van der Waals surface area (Å²) in [7, 11) is -3.61. The lowest BCUT2D eigenvalue weighted by molar-refractivity contribution is 0.0834. The minimum absolute atomic E-state index is 0.0713. The first-order valence-corrected chi connectivity index (χ1v) is 7.68. The van der Waals surface area contributed by atoms with E-state index in [1.165, 1.54) is 0 Å². The van der Waals surface area contributed by atoms with Crippen LogP contribution in [0.25, 0.3) is 0 Å². The van der Waals surface area contributed by atoms with E-state index in [1.807, 2.05) is 13.8 Å². The van der Waals surface area contributed by atoms with Crippen LogP contribution < -0.4 is 10.5 Å². The molecule has 1 rings (SSSR count). The molecule has 6 nitrogen and oxygen atoms in total. The Kier molecular flexibility index (Phi) is 5.54. The molecule has 0 aliphatic carbocycles. The molecule has 0 saturated heterocycles. The van der Waals surface area contributed by atoms with Crippen molar-refractivity contribution in [1.29, 1.82) is 0 Å². The number of rotatable bonds is 7. The van der Waals surface area contributed by atoms with Gasteiger partial charge in [-0.05, 0) is 27.7 Å². The minimum Gasteiger partial charge on any atom is -0.465 e. The summed E-state index contributed by atoms with van der Waals surface area (Å²) in [6, 6.07) is 0. The number of sulfonamides is 1. The van der Waals surface area contributed by atoms with E-state index in [4.69, 9.17) is 14.9 Å². The fourth-order valence-electron chi connectivity index (χ4n) is 1.84. The average molecular weight is 290 g/mol. The Bertz CT molecular complexity index is 520.